The van der Waals surface area contributed by atoms with Gasteiger partial charge in [0.2, 0.25) is 0 Å². The van der Waals surface area contributed by atoms with Crippen molar-refractivity contribution in [2.75, 3.05) is 13.1 Å². The molecule has 0 aliphatic heterocycles. The fourth-order valence-corrected chi connectivity index (χ4v) is 3.79. The van der Waals surface area contributed by atoms with Gasteiger partial charge in [0.25, 0.3) is 5.91 Å². The number of benzene rings is 2. The van der Waals surface area contributed by atoms with E-state index in [0.717, 1.165) is 12.0 Å². The molecule has 0 heterocycles. The zero-order valence-corrected chi connectivity index (χ0v) is 19.7. The lowest BCUT2D eigenvalue weighted by Crippen LogP contribution is -2.38. The number of ketones is 1. The van der Waals surface area contributed by atoms with Crippen LogP contribution in [0.4, 0.5) is 0 Å². The molecule has 2 rings (SSSR count). The van der Waals surface area contributed by atoms with Crippen molar-refractivity contribution < 1.29 is 24.6 Å². The highest BCUT2D eigenvalue weighted by Gasteiger charge is 2.22. The number of amides is 1. The van der Waals surface area contributed by atoms with Crippen molar-refractivity contribution in [2.24, 2.45) is 5.92 Å². The zero-order chi connectivity index (χ0) is 24.5. The standard InChI is InChI=1S/C26H34N2O5/c1-5-23(16(2)3)28-25(31)21-11-10-19(14-22(21)26(32)33)24(30)15-27-13-12-18-8-6-7-9-20(18)17(4)29/h6-11,14,16,23-24,27,30H,5,12-13,15H2,1-4H3,(H,28,31)(H,32,33). The average molecular weight is 455 g/mol. The van der Waals surface area contributed by atoms with Gasteiger partial charge < -0.3 is 20.8 Å². The molecule has 2 aromatic rings. The monoisotopic (exact) mass is 454 g/mol. The normalized spacial score (nSPS) is 12.9. The smallest absolute Gasteiger partial charge is 0.336 e. The highest BCUT2D eigenvalue weighted by molar-refractivity contribution is 6.05. The molecule has 178 valence electrons. The highest BCUT2D eigenvalue weighted by Crippen LogP contribution is 2.19. The van der Waals surface area contributed by atoms with E-state index in [-0.39, 0.29) is 35.4 Å². The van der Waals surface area contributed by atoms with Crippen LogP contribution in [-0.2, 0) is 6.42 Å². The van der Waals surface area contributed by atoms with Gasteiger partial charge >= 0.3 is 5.97 Å². The Balaban J connectivity index is 2.04. The van der Waals surface area contributed by atoms with E-state index in [9.17, 15) is 24.6 Å². The van der Waals surface area contributed by atoms with Crippen LogP contribution in [0.25, 0.3) is 0 Å². The van der Waals surface area contributed by atoms with E-state index in [1.807, 2.05) is 39.0 Å². The Morgan fingerprint density at radius 1 is 1.00 bits per heavy atom. The number of Topliss-reactive ketones (excluding diaryl/α,β-unsaturated/α-hetero) is 1. The molecule has 7 nitrogen and oxygen atoms in total. The van der Waals surface area contributed by atoms with Gasteiger partial charge in [0.05, 0.1) is 17.2 Å². The second kappa shape index (κ2) is 12.3. The second-order valence-electron chi connectivity index (χ2n) is 8.53. The minimum Gasteiger partial charge on any atom is -0.478 e. The summed E-state index contributed by atoms with van der Waals surface area (Å²) in [5.74, 6) is -1.42. The molecule has 0 aliphatic rings. The molecule has 7 heteroatoms. The number of aromatic carboxylic acids is 1. The molecule has 0 radical (unpaired) electrons. The number of nitrogens with one attached hydrogen (secondary N) is 2. The van der Waals surface area contributed by atoms with Gasteiger partial charge in [0, 0.05) is 18.2 Å². The van der Waals surface area contributed by atoms with Crippen molar-refractivity contribution in [1.82, 2.24) is 10.6 Å². The first kappa shape index (κ1) is 26.2. The van der Waals surface area contributed by atoms with Gasteiger partial charge in [0.15, 0.2) is 5.78 Å². The molecule has 0 spiro atoms. The molecular formula is C26H34N2O5. The van der Waals surface area contributed by atoms with E-state index in [1.165, 1.54) is 19.1 Å². The Morgan fingerprint density at radius 3 is 2.30 bits per heavy atom. The lowest BCUT2D eigenvalue weighted by atomic mass is 9.98. The van der Waals surface area contributed by atoms with Crippen LogP contribution in [0.3, 0.4) is 0 Å². The van der Waals surface area contributed by atoms with Gasteiger partial charge in [-0.2, -0.15) is 0 Å². The quantitative estimate of drug-likeness (QED) is 0.288. The van der Waals surface area contributed by atoms with E-state index in [0.29, 0.717) is 24.1 Å². The Kier molecular flexibility index (Phi) is 9.75. The third kappa shape index (κ3) is 7.23. The summed E-state index contributed by atoms with van der Waals surface area (Å²) in [5.41, 5.74) is 1.96. The summed E-state index contributed by atoms with van der Waals surface area (Å²) in [5, 5.41) is 26.2. The van der Waals surface area contributed by atoms with Crippen LogP contribution >= 0.6 is 0 Å². The molecule has 0 bridgehead atoms. The second-order valence-corrected chi connectivity index (χ2v) is 8.53. The minimum absolute atomic E-state index is 0.00890. The zero-order valence-electron chi connectivity index (χ0n) is 19.7. The predicted molar refractivity (Wildman–Crippen MR) is 128 cm³/mol. The van der Waals surface area contributed by atoms with Crippen LogP contribution in [0.15, 0.2) is 42.5 Å². The topological polar surface area (TPSA) is 116 Å². The molecule has 2 aromatic carbocycles. The lowest BCUT2D eigenvalue weighted by molar-refractivity contribution is 0.0689. The molecular weight excluding hydrogens is 420 g/mol. The van der Waals surface area contributed by atoms with Gasteiger partial charge in [-0.1, -0.05) is 51.1 Å². The molecule has 1 amide bonds. The number of aliphatic hydroxyl groups excluding tert-OH is 1. The van der Waals surface area contributed by atoms with E-state index in [4.69, 9.17) is 0 Å². The number of hydrogen-bond acceptors (Lipinski definition) is 5. The maximum absolute atomic E-state index is 12.7. The highest BCUT2D eigenvalue weighted by atomic mass is 16.4. The lowest BCUT2D eigenvalue weighted by Gasteiger charge is -2.21. The molecule has 2 unspecified atom stereocenters. The van der Waals surface area contributed by atoms with Crippen molar-refractivity contribution in [1.29, 1.82) is 0 Å². The Hall–Kier alpha value is -3.03. The Morgan fingerprint density at radius 2 is 1.70 bits per heavy atom. The first-order valence-corrected chi connectivity index (χ1v) is 11.3. The van der Waals surface area contributed by atoms with Gasteiger partial charge in [-0.05, 0) is 55.5 Å². The van der Waals surface area contributed by atoms with Gasteiger partial charge in [-0.25, -0.2) is 4.79 Å². The van der Waals surface area contributed by atoms with Crippen molar-refractivity contribution in [3.63, 3.8) is 0 Å². The largest absolute Gasteiger partial charge is 0.478 e. The number of aliphatic hydroxyl groups is 1. The van der Waals surface area contributed by atoms with Gasteiger partial charge in [-0.15, -0.1) is 0 Å². The van der Waals surface area contributed by atoms with Crippen LogP contribution < -0.4 is 10.6 Å². The van der Waals surface area contributed by atoms with E-state index < -0.39 is 18.0 Å². The van der Waals surface area contributed by atoms with Crippen LogP contribution in [-0.4, -0.2) is 47.0 Å². The number of rotatable bonds is 12. The summed E-state index contributed by atoms with van der Waals surface area (Å²) in [6.45, 7) is 8.24. The molecule has 0 saturated heterocycles. The Labute approximate surface area is 195 Å². The minimum atomic E-state index is -1.22. The number of carboxylic acids is 1. The molecule has 33 heavy (non-hydrogen) atoms. The van der Waals surface area contributed by atoms with Gasteiger partial charge in [-0.3, -0.25) is 9.59 Å². The van der Waals surface area contributed by atoms with Crippen LogP contribution in [0.5, 0.6) is 0 Å². The van der Waals surface area contributed by atoms with Crippen LogP contribution in [0.1, 0.15) is 82.4 Å². The average Bonchev–Trinajstić information content (AvgIpc) is 2.79. The molecule has 4 N–H and O–H groups in total. The SMILES string of the molecule is CCC(NC(=O)c1ccc(C(O)CNCCc2ccccc2C(C)=O)cc1C(=O)O)C(C)C. The summed E-state index contributed by atoms with van der Waals surface area (Å²) in [6.07, 6.45) is 0.420. The fourth-order valence-electron chi connectivity index (χ4n) is 3.79. The maximum atomic E-state index is 12.7. The summed E-state index contributed by atoms with van der Waals surface area (Å²) in [4.78, 5) is 36.2. The first-order valence-electron chi connectivity index (χ1n) is 11.3. The summed E-state index contributed by atoms with van der Waals surface area (Å²) < 4.78 is 0. The number of carbonyl (C=O) groups excluding carboxylic acids is 2. The van der Waals surface area contributed by atoms with Crippen molar-refractivity contribution in [3.05, 3.63) is 70.3 Å². The predicted octanol–water partition coefficient (Wildman–Crippen LogP) is 3.62. The summed E-state index contributed by atoms with van der Waals surface area (Å²) in [6, 6.07) is 11.7. The third-order valence-corrected chi connectivity index (χ3v) is 5.77. The third-order valence-electron chi connectivity index (χ3n) is 5.77. The molecule has 0 aromatic heterocycles. The number of carboxylic acid groups (broad SMARTS) is 1. The molecule has 0 aliphatic carbocycles. The van der Waals surface area contributed by atoms with E-state index in [2.05, 4.69) is 10.6 Å². The van der Waals surface area contributed by atoms with E-state index in [1.54, 1.807) is 12.1 Å². The summed E-state index contributed by atoms with van der Waals surface area (Å²) in [7, 11) is 0. The number of carbonyl (C=O) groups is 3. The number of hydrogen-bond donors (Lipinski definition) is 4. The van der Waals surface area contributed by atoms with Crippen molar-refractivity contribution in [2.45, 2.75) is 52.7 Å². The fraction of sp³-hybridized carbons (Fsp3) is 0.423. The van der Waals surface area contributed by atoms with Crippen LogP contribution in [0.2, 0.25) is 0 Å². The first-order chi connectivity index (χ1) is 15.6. The summed E-state index contributed by atoms with van der Waals surface area (Å²) >= 11 is 0. The van der Waals surface area contributed by atoms with Crippen LogP contribution in [0, 0.1) is 5.92 Å². The van der Waals surface area contributed by atoms with Crippen molar-refractivity contribution >= 4 is 17.7 Å². The van der Waals surface area contributed by atoms with E-state index >= 15 is 0 Å². The van der Waals surface area contributed by atoms with Gasteiger partial charge in [0.1, 0.15) is 0 Å². The maximum Gasteiger partial charge on any atom is 0.336 e. The Bertz CT molecular complexity index is 986. The molecule has 2 atom stereocenters. The molecule has 0 fully saturated rings. The van der Waals surface area contributed by atoms with Crippen molar-refractivity contribution in [3.8, 4) is 0 Å². The molecule has 0 saturated carbocycles.